The van der Waals surface area contributed by atoms with Gasteiger partial charge in [-0.25, -0.2) is 12.8 Å². The summed E-state index contributed by atoms with van der Waals surface area (Å²) in [7, 11) is -3.65. The van der Waals surface area contributed by atoms with Crippen LogP contribution in [0.25, 0.3) is 0 Å². The fourth-order valence-corrected chi connectivity index (χ4v) is 4.03. The molecule has 3 rings (SSSR count). The van der Waals surface area contributed by atoms with Crippen molar-refractivity contribution >= 4 is 21.6 Å². The molecule has 0 aromatic heterocycles. The Labute approximate surface area is 187 Å². The first-order valence-electron chi connectivity index (χ1n) is 10.0. The maximum atomic E-state index is 14.0. The Morgan fingerprint density at radius 2 is 1.62 bits per heavy atom. The Hall–Kier alpha value is -3.39. The van der Waals surface area contributed by atoms with Gasteiger partial charge in [0.1, 0.15) is 11.6 Å². The van der Waals surface area contributed by atoms with Crippen LogP contribution in [0, 0.1) is 5.82 Å². The van der Waals surface area contributed by atoms with Crippen LogP contribution in [0.5, 0.6) is 5.75 Å². The third-order valence-electron chi connectivity index (χ3n) is 4.84. The molecule has 0 aliphatic heterocycles. The lowest BCUT2D eigenvalue weighted by molar-refractivity contribution is -0.123. The molecule has 1 amide bonds. The van der Waals surface area contributed by atoms with Crippen LogP contribution in [0.3, 0.4) is 0 Å². The molecule has 0 unspecified atom stereocenters. The Bertz CT molecular complexity index is 1150. The number of rotatable bonds is 9. The van der Waals surface area contributed by atoms with Crippen LogP contribution in [-0.4, -0.2) is 27.2 Å². The molecule has 0 saturated heterocycles. The zero-order valence-electron chi connectivity index (χ0n) is 17.9. The molecule has 3 aromatic carbocycles. The van der Waals surface area contributed by atoms with E-state index < -0.39 is 15.8 Å². The number of hydrogen-bond donors (Lipinski definition) is 1. The molecule has 1 atom stereocenters. The maximum absolute atomic E-state index is 14.0. The van der Waals surface area contributed by atoms with Crippen LogP contribution in [0.1, 0.15) is 24.1 Å². The van der Waals surface area contributed by atoms with Gasteiger partial charge >= 0.3 is 0 Å². The summed E-state index contributed by atoms with van der Waals surface area (Å²) in [6, 6.07) is 21.7. The lowest BCUT2D eigenvalue weighted by Crippen LogP contribution is -2.31. The van der Waals surface area contributed by atoms with Crippen LogP contribution in [0.2, 0.25) is 0 Å². The molecule has 0 radical (unpaired) electrons. The van der Waals surface area contributed by atoms with Crippen molar-refractivity contribution in [3.63, 3.8) is 0 Å². The Balaban J connectivity index is 1.62. The van der Waals surface area contributed by atoms with Crippen molar-refractivity contribution in [3.05, 3.63) is 95.8 Å². The molecule has 0 spiro atoms. The SMILES string of the molecule is C[C@H](NC(=O)COc1ccc(N(Cc2ccccc2F)S(C)(=O)=O)cc1)c1ccccc1. The molecule has 0 saturated carbocycles. The van der Waals surface area contributed by atoms with Crippen molar-refractivity contribution in [1.29, 1.82) is 0 Å². The first-order chi connectivity index (χ1) is 15.2. The molecule has 0 aliphatic rings. The number of carbonyl (C=O) groups is 1. The third-order valence-corrected chi connectivity index (χ3v) is 5.98. The molecule has 0 bridgehead atoms. The molecule has 32 heavy (non-hydrogen) atoms. The van der Waals surface area contributed by atoms with Gasteiger partial charge in [0.15, 0.2) is 6.61 Å². The largest absolute Gasteiger partial charge is 0.484 e. The van der Waals surface area contributed by atoms with Crippen LogP contribution in [0.15, 0.2) is 78.9 Å². The van der Waals surface area contributed by atoms with Crippen LogP contribution < -0.4 is 14.4 Å². The fourth-order valence-electron chi connectivity index (χ4n) is 3.15. The van der Waals surface area contributed by atoms with Gasteiger partial charge in [-0.3, -0.25) is 9.10 Å². The van der Waals surface area contributed by atoms with Gasteiger partial charge in [0.2, 0.25) is 10.0 Å². The quantitative estimate of drug-likeness (QED) is 0.527. The summed E-state index contributed by atoms with van der Waals surface area (Å²) in [6.07, 6.45) is 1.07. The molecule has 0 heterocycles. The molecular weight excluding hydrogens is 431 g/mol. The normalized spacial score (nSPS) is 12.1. The Morgan fingerprint density at radius 1 is 1.00 bits per heavy atom. The number of ether oxygens (including phenoxy) is 1. The number of nitrogens with one attached hydrogen (secondary N) is 1. The number of sulfonamides is 1. The fraction of sp³-hybridized carbons (Fsp3) is 0.208. The summed E-state index contributed by atoms with van der Waals surface area (Å²) >= 11 is 0. The van der Waals surface area contributed by atoms with Gasteiger partial charge in [0, 0.05) is 5.56 Å². The molecule has 8 heteroatoms. The van der Waals surface area contributed by atoms with Crippen LogP contribution in [0.4, 0.5) is 10.1 Å². The molecular formula is C24H25FN2O4S. The highest BCUT2D eigenvalue weighted by Crippen LogP contribution is 2.24. The second kappa shape index (κ2) is 10.3. The van der Waals surface area contributed by atoms with E-state index in [2.05, 4.69) is 5.32 Å². The highest BCUT2D eigenvalue weighted by molar-refractivity contribution is 7.92. The Morgan fingerprint density at radius 3 is 2.25 bits per heavy atom. The van der Waals surface area contributed by atoms with Gasteiger partial charge in [-0.1, -0.05) is 48.5 Å². The van der Waals surface area contributed by atoms with E-state index in [0.29, 0.717) is 11.4 Å². The number of halogens is 1. The first kappa shape index (κ1) is 23.3. The Kier molecular flexibility index (Phi) is 7.48. The van der Waals surface area contributed by atoms with Gasteiger partial charge in [0.25, 0.3) is 5.91 Å². The lowest BCUT2D eigenvalue weighted by atomic mass is 10.1. The van der Waals surface area contributed by atoms with E-state index >= 15 is 0 Å². The van der Waals surface area contributed by atoms with Crippen molar-refractivity contribution in [2.75, 3.05) is 17.2 Å². The van der Waals surface area contributed by atoms with E-state index in [1.165, 1.54) is 6.07 Å². The van der Waals surface area contributed by atoms with E-state index in [0.717, 1.165) is 16.1 Å². The second-order valence-corrected chi connectivity index (χ2v) is 9.25. The van der Waals surface area contributed by atoms with Gasteiger partial charge in [-0.2, -0.15) is 0 Å². The smallest absolute Gasteiger partial charge is 0.258 e. The minimum absolute atomic E-state index is 0.133. The van der Waals surface area contributed by atoms with Crippen molar-refractivity contribution in [3.8, 4) is 5.75 Å². The summed E-state index contributed by atoms with van der Waals surface area (Å²) < 4.78 is 45.2. The van der Waals surface area contributed by atoms with Crippen molar-refractivity contribution in [1.82, 2.24) is 5.32 Å². The van der Waals surface area contributed by atoms with Gasteiger partial charge in [-0.15, -0.1) is 0 Å². The average molecular weight is 457 g/mol. The number of carbonyl (C=O) groups excluding carboxylic acids is 1. The maximum Gasteiger partial charge on any atom is 0.258 e. The topological polar surface area (TPSA) is 75.7 Å². The second-order valence-electron chi connectivity index (χ2n) is 7.34. The molecule has 168 valence electrons. The van der Waals surface area contributed by atoms with Crippen molar-refractivity contribution in [2.45, 2.75) is 19.5 Å². The molecule has 0 fully saturated rings. The first-order valence-corrected chi connectivity index (χ1v) is 11.9. The predicted octanol–water partition coefficient (Wildman–Crippen LogP) is 4.05. The summed E-state index contributed by atoms with van der Waals surface area (Å²) in [5, 5.41) is 2.86. The molecule has 1 N–H and O–H groups in total. The molecule has 3 aromatic rings. The minimum Gasteiger partial charge on any atom is -0.484 e. The van der Waals surface area contributed by atoms with Crippen molar-refractivity contribution < 1.29 is 22.3 Å². The van der Waals surface area contributed by atoms with Gasteiger partial charge in [-0.05, 0) is 42.8 Å². The average Bonchev–Trinajstić information content (AvgIpc) is 2.77. The monoisotopic (exact) mass is 456 g/mol. The zero-order chi connectivity index (χ0) is 23.1. The highest BCUT2D eigenvalue weighted by atomic mass is 32.2. The van der Waals surface area contributed by atoms with E-state index in [-0.39, 0.29) is 30.7 Å². The zero-order valence-corrected chi connectivity index (χ0v) is 18.7. The van der Waals surface area contributed by atoms with E-state index in [1.54, 1.807) is 42.5 Å². The van der Waals surface area contributed by atoms with E-state index in [1.807, 2.05) is 37.3 Å². The van der Waals surface area contributed by atoms with Crippen LogP contribution >= 0.6 is 0 Å². The van der Waals surface area contributed by atoms with E-state index in [4.69, 9.17) is 4.74 Å². The number of nitrogens with zero attached hydrogens (tertiary/aromatic N) is 1. The summed E-state index contributed by atoms with van der Waals surface area (Å²) in [6.45, 7) is 1.57. The van der Waals surface area contributed by atoms with Gasteiger partial charge < -0.3 is 10.1 Å². The van der Waals surface area contributed by atoms with Crippen LogP contribution in [-0.2, 0) is 21.4 Å². The lowest BCUT2D eigenvalue weighted by Gasteiger charge is -2.23. The number of anilines is 1. The predicted molar refractivity (Wildman–Crippen MR) is 122 cm³/mol. The van der Waals surface area contributed by atoms with E-state index in [9.17, 15) is 17.6 Å². The number of hydrogen-bond acceptors (Lipinski definition) is 4. The standard InChI is InChI=1S/C24H25FN2O4S/c1-18(19-8-4-3-5-9-19)26-24(28)17-31-22-14-12-21(13-15-22)27(32(2,29)30)16-20-10-6-7-11-23(20)25/h3-15,18H,16-17H2,1-2H3,(H,26,28)/t18-/m0/s1. The summed E-state index contributed by atoms with van der Waals surface area (Å²) in [5.74, 6) is -0.338. The minimum atomic E-state index is -3.65. The third kappa shape index (κ3) is 6.31. The highest BCUT2D eigenvalue weighted by Gasteiger charge is 2.19. The van der Waals surface area contributed by atoms with Gasteiger partial charge in [0.05, 0.1) is 24.5 Å². The van der Waals surface area contributed by atoms with Crippen molar-refractivity contribution in [2.24, 2.45) is 0 Å². The molecule has 6 nitrogen and oxygen atoms in total. The number of benzene rings is 3. The molecule has 0 aliphatic carbocycles. The summed E-state index contributed by atoms with van der Waals surface area (Å²) in [4.78, 5) is 12.2. The summed E-state index contributed by atoms with van der Waals surface area (Å²) in [5.41, 5.74) is 1.62. The number of amides is 1.